The average molecular weight is 429 g/mol. The summed E-state index contributed by atoms with van der Waals surface area (Å²) in [5.41, 5.74) is 1.71. The summed E-state index contributed by atoms with van der Waals surface area (Å²) in [5, 5.41) is 2.69. The number of morpholine rings is 1. The third-order valence-corrected chi connectivity index (χ3v) is 4.75. The van der Waals surface area contributed by atoms with E-state index in [9.17, 15) is 9.18 Å². The number of nitrogens with zero attached hydrogens (tertiary/aromatic N) is 1. The summed E-state index contributed by atoms with van der Waals surface area (Å²) < 4.78 is 30.9. The van der Waals surface area contributed by atoms with Crippen molar-refractivity contribution < 1.29 is 23.4 Å². The molecule has 2 aromatic rings. The van der Waals surface area contributed by atoms with Crippen molar-refractivity contribution >= 4 is 23.4 Å². The normalized spacial score (nSPS) is 14.2. The van der Waals surface area contributed by atoms with Crippen LogP contribution in [0.3, 0.4) is 0 Å². The van der Waals surface area contributed by atoms with Crippen LogP contribution in [-0.4, -0.2) is 45.9 Å². The summed E-state index contributed by atoms with van der Waals surface area (Å²) in [4.78, 5) is 14.2. The molecule has 1 N–H and O–H groups in total. The average Bonchev–Trinajstić information content (AvgIpc) is 2.77. The molecule has 0 saturated carbocycles. The molecule has 0 unspecified atom stereocenters. The van der Waals surface area contributed by atoms with Crippen molar-refractivity contribution in [2.24, 2.45) is 5.92 Å². The minimum atomic E-state index is -0.370. The van der Waals surface area contributed by atoms with E-state index in [1.807, 2.05) is 17.0 Å². The minimum Gasteiger partial charge on any atom is -0.493 e. The van der Waals surface area contributed by atoms with Crippen LogP contribution >= 0.6 is 0 Å². The molecular formula is C24H29FN2O4. The van der Waals surface area contributed by atoms with Crippen LogP contribution in [0.1, 0.15) is 19.4 Å². The summed E-state index contributed by atoms with van der Waals surface area (Å²) in [6, 6.07) is 10.2. The monoisotopic (exact) mass is 428 g/mol. The molecule has 31 heavy (non-hydrogen) atoms. The Kier molecular flexibility index (Phi) is 7.89. The Morgan fingerprint density at radius 2 is 1.97 bits per heavy atom. The highest BCUT2D eigenvalue weighted by atomic mass is 19.1. The fourth-order valence-electron chi connectivity index (χ4n) is 3.16. The van der Waals surface area contributed by atoms with Gasteiger partial charge >= 0.3 is 0 Å². The third-order valence-electron chi connectivity index (χ3n) is 4.75. The molecule has 2 aromatic carbocycles. The summed E-state index contributed by atoms with van der Waals surface area (Å²) >= 11 is 0. The SMILES string of the molecule is COc1cc(/C=C/C(=O)Nc2ccc(N3CCOCC3)c(F)c2)ccc1OCC(C)C. The van der Waals surface area contributed by atoms with Crippen molar-refractivity contribution in [3.63, 3.8) is 0 Å². The van der Waals surface area contributed by atoms with Crippen LogP contribution in [0.25, 0.3) is 6.08 Å². The van der Waals surface area contributed by atoms with Gasteiger partial charge in [0, 0.05) is 24.9 Å². The Labute approximate surface area is 182 Å². The van der Waals surface area contributed by atoms with Gasteiger partial charge in [0.25, 0.3) is 0 Å². The predicted octanol–water partition coefficient (Wildman–Crippen LogP) is 4.36. The van der Waals surface area contributed by atoms with Crippen LogP contribution in [-0.2, 0) is 9.53 Å². The Bertz CT molecular complexity index is 924. The molecule has 1 aliphatic rings. The molecule has 166 valence electrons. The Morgan fingerprint density at radius 3 is 2.65 bits per heavy atom. The van der Waals surface area contributed by atoms with Crippen LogP contribution in [0, 0.1) is 11.7 Å². The van der Waals surface area contributed by atoms with Gasteiger partial charge in [-0.15, -0.1) is 0 Å². The number of hydrogen-bond acceptors (Lipinski definition) is 5. The molecule has 1 heterocycles. The summed E-state index contributed by atoms with van der Waals surface area (Å²) in [6.07, 6.45) is 3.07. The lowest BCUT2D eigenvalue weighted by atomic mass is 10.1. The second-order valence-electron chi connectivity index (χ2n) is 7.70. The first-order chi connectivity index (χ1) is 15.0. The van der Waals surface area contributed by atoms with Crippen molar-refractivity contribution in [1.29, 1.82) is 0 Å². The lowest BCUT2D eigenvalue weighted by Gasteiger charge is -2.29. The van der Waals surface area contributed by atoms with Gasteiger partial charge < -0.3 is 24.4 Å². The Morgan fingerprint density at radius 1 is 1.19 bits per heavy atom. The number of ether oxygens (including phenoxy) is 3. The first-order valence-corrected chi connectivity index (χ1v) is 10.4. The number of carbonyl (C=O) groups is 1. The van der Waals surface area contributed by atoms with Crippen molar-refractivity contribution in [3.8, 4) is 11.5 Å². The summed E-state index contributed by atoms with van der Waals surface area (Å²) in [7, 11) is 1.58. The Hall–Kier alpha value is -3.06. The topological polar surface area (TPSA) is 60.0 Å². The maximum absolute atomic E-state index is 14.5. The largest absolute Gasteiger partial charge is 0.493 e. The van der Waals surface area contributed by atoms with Gasteiger partial charge in [-0.05, 0) is 47.9 Å². The van der Waals surface area contributed by atoms with Gasteiger partial charge in [0.2, 0.25) is 5.91 Å². The van der Waals surface area contributed by atoms with E-state index < -0.39 is 0 Å². The molecule has 0 bridgehead atoms. The minimum absolute atomic E-state index is 0.349. The second-order valence-corrected chi connectivity index (χ2v) is 7.70. The van der Waals surface area contributed by atoms with Crippen molar-refractivity contribution in [2.45, 2.75) is 13.8 Å². The molecule has 1 aliphatic heterocycles. The highest BCUT2D eigenvalue weighted by Crippen LogP contribution is 2.29. The quantitative estimate of drug-likeness (QED) is 0.633. The molecule has 1 saturated heterocycles. The number of anilines is 2. The number of amides is 1. The molecule has 0 aromatic heterocycles. The zero-order valence-corrected chi connectivity index (χ0v) is 18.2. The maximum atomic E-state index is 14.5. The zero-order valence-electron chi connectivity index (χ0n) is 18.2. The van der Waals surface area contributed by atoms with Crippen molar-refractivity contribution in [3.05, 3.63) is 53.9 Å². The van der Waals surface area contributed by atoms with Crippen LogP contribution < -0.4 is 19.7 Å². The molecule has 0 spiro atoms. The van der Waals surface area contributed by atoms with E-state index in [4.69, 9.17) is 14.2 Å². The molecule has 7 heteroatoms. The Balaban J connectivity index is 1.61. The molecule has 3 rings (SSSR count). The van der Waals surface area contributed by atoms with Crippen LogP contribution in [0.15, 0.2) is 42.5 Å². The van der Waals surface area contributed by atoms with Gasteiger partial charge in [0.15, 0.2) is 11.5 Å². The fraction of sp³-hybridized carbons (Fsp3) is 0.375. The molecule has 0 atom stereocenters. The lowest BCUT2D eigenvalue weighted by Crippen LogP contribution is -2.36. The second kappa shape index (κ2) is 10.8. The first-order valence-electron chi connectivity index (χ1n) is 10.4. The van der Waals surface area contributed by atoms with Crippen LogP contribution in [0.5, 0.6) is 11.5 Å². The number of nitrogens with one attached hydrogen (secondary N) is 1. The molecule has 0 radical (unpaired) electrons. The maximum Gasteiger partial charge on any atom is 0.248 e. The van der Waals surface area contributed by atoms with Crippen molar-refractivity contribution in [1.82, 2.24) is 0 Å². The van der Waals surface area contributed by atoms with Crippen LogP contribution in [0.4, 0.5) is 15.8 Å². The number of benzene rings is 2. The summed E-state index contributed by atoms with van der Waals surface area (Å²) in [6.45, 7) is 7.20. The highest BCUT2D eigenvalue weighted by Gasteiger charge is 2.15. The number of methoxy groups -OCH3 is 1. The van der Waals surface area contributed by atoms with Gasteiger partial charge in [-0.3, -0.25) is 4.79 Å². The zero-order chi connectivity index (χ0) is 22.2. The van der Waals surface area contributed by atoms with Crippen molar-refractivity contribution in [2.75, 3.05) is 50.2 Å². The molecule has 0 aliphatic carbocycles. The van der Waals surface area contributed by atoms with E-state index >= 15 is 0 Å². The van der Waals surface area contributed by atoms with E-state index in [-0.39, 0.29) is 11.7 Å². The lowest BCUT2D eigenvalue weighted by molar-refractivity contribution is -0.111. The molecule has 1 fully saturated rings. The predicted molar refractivity (Wildman–Crippen MR) is 120 cm³/mol. The number of carbonyl (C=O) groups excluding carboxylic acids is 1. The number of halogens is 1. The van der Waals surface area contributed by atoms with E-state index in [0.29, 0.717) is 61.7 Å². The third kappa shape index (κ3) is 6.46. The molecule has 1 amide bonds. The standard InChI is InChI=1S/C24H29FN2O4/c1-17(2)16-31-22-8-4-18(14-23(22)29-3)5-9-24(28)26-19-6-7-21(20(25)15-19)27-10-12-30-13-11-27/h4-9,14-15,17H,10-13,16H2,1-3H3,(H,26,28)/b9-5+. The van der Waals surface area contributed by atoms with Gasteiger partial charge in [-0.1, -0.05) is 19.9 Å². The summed E-state index contributed by atoms with van der Waals surface area (Å²) in [5.74, 6) is 0.946. The van der Waals surface area contributed by atoms with E-state index in [1.165, 1.54) is 12.1 Å². The fourth-order valence-corrected chi connectivity index (χ4v) is 3.16. The molecular weight excluding hydrogens is 399 g/mol. The van der Waals surface area contributed by atoms with Gasteiger partial charge in [-0.25, -0.2) is 4.39 Å². The first kappa shape index (κ1) is 22.6. The molecule has 6 nitrogen and oxygen atoms in total. The van der Waals surface area contributed by atoms with Gasteiger partial charge in [0.1, 0.15) is 5.82 Å². The van der Waals surface area contributed by atoms with E-state index in [1.54, 1.807) is 31.4 Å². The number of rotatable bonds is 8. The smallest absolute Gasteiger partial charge is 0.248 e. The number of hydrogen-bond donors (Lipinski definition) is 1. The van der Waals surface area contributed by atoms with Crippen LogP contribution in [0.2, 0.25) is 0 Å². The van der Waals surface area contributed by atoms with Gasteiger partial charge in [0.05, 0.1) is 32.6 Å². The van der Waals surface area contributed by atoms with E-state index in [2.05, 4.69) is 19.2 Å². The van der Waals surface area contributed by atoms with E-state index in [0.717, 1.165) is 5.56 Å². The van der Waals surface area contributed by atoms with Gasteiger partial charge in [-0.2, -0.15) is 0 Å². The highest BCUT2D eigenvalue weighted by molar-refractivity contribution is 6.02.